The highest BCUT2D eigenvalue weighted by molar-refractivity contribution is 6.30. The molecule has 0 spiro atoms. The maximum Gasteiger partial charge on any atom is 0.217 e. The van der Waals surface area contributed by atoms with Gasteiger partial charge in [-0.1, -0.05) is 60.1 Å². The first-order valence-electron chi connectivity index (χ1n) is 12.4. The molecule has 0 saturated carbocycles. The highest BCUT2D eigenvalue weighted by atomic mass is 35.5. The summed E-state index contributed by atoms with van der Waals surface area (Å²) in [6.07, 6.45) is 5.93. The van der Waals surface area contributed by atoms with Crippen molar-refractivity contribution in [2.24, 2.45) is 0 Å². The van der Waals surface area contributed by atoms with E-state index in [1.807, 2.05) is 30.3 Å². The van der Waals surface area contributed by atoms with Gasteiger partial charge in [0.15, 0.2) is 5.78 Å². The largest absolute Gasteiger partial charge is 0.383 e. The van der Waals surface area contributed by atoms with Gasteiger partial charge in [0.05, 0.1) is 22.5 Å². The third-order valence-electron chi connectivity index (χ3n) is 6.04. The zero-order valence-electron chi connectivity index (χ0n) is 21.7. The zero-order valence-corrected chi connectivity index (χ0v) is 22.5. The number of allylic oxidation sites excluding steroid dienone is 1. The van der Waals surface area contributed by atoms with Crippen LogP contribution in [-0.2, 0) is 0 Å². The monoisotopic (exact) mass is 549 g/mol. The smallest absolute Gasteiger partial charge is 0.217 e. The van der Waals surface area contributed by atoms with Crippen LogP contribution in [0.2, 0.25) is 5.02 Å². The minimum absolute atomic E-state index is 0.0285. The zero-order chi connectivity index (χ0) is 28.2. The number of halogens is 1. The quantitative estimate of drug-likeness (QED) is 0.180. The highest BCUT2D eigenvalue weighted by Gasteiger charge is 2.29. The van der Waals surface area contributed by atoms with Crippen LogP contribution in [0, 0.1) is 0 Å². The van der Waals surface area contributed by atoms with Crippen molar-refractivity contribution < 1.29 is 14.4 Å². The molecule has 2 aromatic heterocycles. The molecule has 8 nitrogen and oxygen atoms in total. The van der Waals surface area contributed by atoms with Gasteiger partial charge in [0, 0.05) is 49.4 Å². The lowest BCUT2D eigenvalue weighted by Gasteiger charge is -2.03. The second kappa shape index (κ2) is 11.3. The Morgan fingerprint density at radius 3 is 1.82 bits per heavy atom. The molecule has 0 amide bonds. The van der Waals surface area contributed by atoms with E-state index in [0.29, 0.717) is 22.0 Å². The van der Waals surface area contributed by atoms with Crippen molar-refractivity contribution in [3.63, 3.8) is 0 Å². The fourth-order valence-electron chi connectivity index (χ4n) is 4.04. The van der Waals surface area contributed by atoms with Crippen molar-refractivity contribution in [3.05, 3.63) is 143 Å². The summed E-state index contributed by atoms with van der Waals surface area (Å²) in [7, 11) is 3.56. The van der Waals surface area contributed by atoms with Gasteiger partial charge in [0.2, 0.25) is 11.6 Å². The number of aromatic nitrogens is 4. The molecule has 0 N–H and O–H groups in total. The SMILES string of the molecule is CN(C)/C=C/C(=O)c1nn(-c2ccccc2)cc1C(=O)c1nn(-c2ccc(Cl)cc2)cc1C(=O)c1ccccc1. The van der Waals surface area contributed by atoms with E-state index in [0.717, 1.165) is 0 Å². The molecule has 0 bridgehead atoms. The van der Waals surface area contributed by atoms with Crippen LogP contribution in [0.15, 0.2) is 110 Å². The van der Waals surface area contributed by atoms with Crippen molar-refractivity contribution in [2.75, 3.05) is 14.1 Å². The third kappa shape index (κ3) is 5.52. The van der Waals surface area contributed by atoms with Gasteiger partial charge < -0.3 is 4.90 Å². The molecule has 0 aliphatic rings. The van der Waals surface area contributed by atoms with Crippen LogP contribution in [0.3, 0.4) is 0 Å². The molecule has 0 unspecified atom stereocenters. The predicted molar refractivity (Wildman–Crippen MR) is 153 cm³/mol. The van der Waals surface area contributed by atoms with Crippen LogP contribution in [-0.4, -0.2) is 55.9 Å². The lowest BCUT2D eigenvalue weighted by molar-refractivity contribution is 0.0992. The molecule has 3 aromatic carbocycles. The summed E-state index contributed by atoms with van der Waals surface area (Å²) in [5.74, 6) is -1.43. The number of carbonyl (C=O) groups excluding carboxylic acids is 3. The number of para-hydroxylation sites is 1. The Hall–Kier alpha value is -5.08. The summed E-state index contributed by atoms with van der Waals surface area (Å²) in [5.41, 5.74) is 1.65. The van der Waals surface area contributed by atoms with E-state index < -0.39 is 11.6 Å². The lowest BCUT2D eigenvalue weighted by atomic mass is 9.99. The van der Waals surface area contributed by atoms with Crippen LogP contribution in [0.4, 0.5) is 0 Å². The van der Waals surface area contributed by atoms with E-state index in [2.05, 4.69) is 10.2 Å². The number of hydrogen-bond donors (Lipinski definition) is 0. The van der Waals surface area contributed by atoms with Gasteiger partial charge >= 0.3 is 0 Å². The van der Waals surface area contributed by atoms with E-state index in [9.17, 15) is 14.4 Å². The molecule has 5 rings (SSSR count). The van der Waals surface area contributed by atoms with E-state index in [1.165, 1.54) is 27.8 Å². The van der Waals surface area contributed by atoms with Crippen LogP contribution in [0.5, 0.6) is 0 Å². The Balaban J connectivity index is 1.66. The maximum atomic E-state index is 14.1. The van der Waals surface area contributed by atoms with Crippen molar-refractivity contribution >= 4 is 29.0 Å². The van der Waals surface area contributed by atoms with Crippen LogP contribution >= 0.6 is 11.6 Å². The molecule has 0 aliphatic heterocycles. The van der Waals surface area contributed by atoms with E-state index in [1.54, 1.807) is 79.8 Å². The second-order valence-electron chi connectivity index (χ2n) is 9.15. The fourth-order valence-corrected chi connectivity index (χ4v) is 4.16. The van der Waals surface area contributed by atoms with Crippen molar-refractivity contribution in [1.29, 1.82) is 0 Å². The van der Waals surface area contributed by atoms with Crippen molar-refractivity contribution in [1.82, 2.24) is 24.5 Å². The highest BCUT2D eigenvalue weighted by Crippen LogP contribution is 2.23. The Morgan fingerprint density at radius 1 is 0.700 bits per heavy atom. The standard InChI is InChI=1S/C31H24ClN5O3/c1-35(2)18-17-27(38)28-25(19-36(33-28)23-11-7-4-8-12-23)31(40)29-26(30(39)21-9-5-3-6-10-21)20-37(34-29)24-15-13-22(32)14-16-24/h3-20H,1-2H3/b18-17+. The Kier molecular flexibility index (Phi) is 7.52. The first kappa shape index (κ1) is 26.5. The summed E-state index contributed by atoms with van der Waals surface area (Å²) in [6.45, 7) is 0. The number of rotatable bonds is 9. The summed E-state index contributed by atoms with van der Waals surface area (Å²) in [6, 6.07) is 24.6. The average molecular weight is 550 g/mol. The minimum Gasteiger partial charge on any atom is -0.383 e. The van der Waals surface area contributed by atoms with Gasteiger partial charge in [-0.15, -0.1) is 0 Å². The van der Waals surface area contributed by atoms with Crippen molar-refractivity contribution in [2.45, 2.75) is 0 Å². The summed E-state index contributed by atoms with van der Waals surface area (Å²) >= 11 is 6.05. The number of hydrogen-bond acceptors (Lipinski definition) is 6. The van der Waals surface area contributed by atoms with E-state index in [-0.39, 0.29) is 28.3 Å². The summed E-state index contributed by atoms with van der Waals surface area (Å²) in [5, 5.41) is 9.51. The van der Waals surface area contributed by atoms with Crippen LogP contribution in [0.25, 0.3) is 11.4 Å². The molecule has 5 aromatic rings. The molecule has 9 heteroatoms. The van der Waals surface area contributed by atoms with Gasteiger partial charge in [0.1, 0.15) is 11.4 Å². The van der Waals surface area contributed by atoms with Crippen LogP contribution < -0.4 is 0 Å². The first-order chi connectivity index (χ1) is 19.3. The van der Waals surface area contributed by atoms with Crippen molar-refractivity contribution in [3.8, 4) is 11.4 Å². The topological polar surface area (TPSA) is 90.1 Å². The molecule has 0 atom stereocenters. The number of benzene rings is 3. The normalized spacial score (nSPS) is 11.1. The molecule has 40 heavy (non-hydrogen) atoms. The molecular formula is C31H24ClN5O3. The van der Waals surface area contributed by atoms with Gasteiger partial charge in [-0.2, -0.15) is 10.2 Å². The van der Waals surface area contributed by atoms with E-state index >= 15 is 0 Å². The van der Waals surface area contributed by atoms with Crippen LogP contribution in [0.1, 0.15) is 42.5 Å². The van der Waals surface area contributed by atoms with Gasteiger partial charge in [0.25, 0.3) is 0 Å². The first-order valence-corrected chi connectivity index (χ1v) is 12.7. The average Bonchev–Trinajstić information content (AvgIpc) is 3.62. The molecule has 0 fully saturated rings. The lowest BCUT2D eigenvalue weighted by Crippen LogP contribution is -2.13. The Morgan fingerprint density at radius 2 is 1.23 bits per heavy atom. The predicted octanol–water partition coefficient (Wildman–Crippen LogP) is 5.43. The molecule has 0 saturated heterocycles. The molecule has 2 heterocycles. The minimum atomic E-state index is -0.601. The van der Waals surface area contributed by atoms with Gasteiger partial charge in [-0.25, -0.2) is 9.36 Å². The fraction of sp³-hybridized carbons (Fsp3) is 0.0645. The number of carbonyl (C=O) groups is 3. The molecule has 198 valence electrons. The maximum absolute atomic E-state index is 14.1. The molecular weight excluding hydrogens is 526 g/mol. The number of nitrogens with zero attached hydrogens (tertiary/aromatic N) is 5. The Bertz CT molecular complexity index is 1720. The van der Waals surface area contributed by atoms with Gasteiger partial charge in [-0.05, 0) is 36.4 Å². The second-order valence-corrected chi connectivity index (χ2v) is 9.59. The third-order valence-corrected chi connectivity index (χ3v) is 6.29. The molecule has 0 radical (unpaired) electrons. The molecule has 0 aliphatic carbocycles. The number of ketones is 3. The van der Waals surface area contributed by atoms with Gasteiger partial charge in [-0.3, -0.25) is 14.4 Å². The summed E-state index contributed by atoms with van der Waals surface area (Å²) < 4.78 is 2.92. The van der Waals surface area contributed by atoms with E-state index in [4.69, 9.17) is 11.6 Å². The Labute approximate surface area is 235 Å². The summed E-state index contributed by atoms with van der Waals surface area (Å²) in [4.78, 5) is 42.6.